The fraction of sp³-hybridized carbons (Fsp3) is 0.438. The van der Waals surface area contributed by atoms with Gasteiger partial charge >= 0.3 is 5.97 Å². The quantitative estimate of drug-likeness (QED) is 0.808. The highest BCUT2D eigenvalue weighted by atomic mass is 16.6. The maximum atomic E-state index is 12.5. The van der Waals surface area contributed by atoms with Crippen molar-refractivity contribution in [3.8, 4) is 11.3 Å². The highest BCUT2D eigenvalue weighted by molar-refractivity contribution is 5.97. The van der Waals surface area contributed by atoms with Gasteiger partial charge in [-0.05, 0) is 38.3 Å². The third-order valence-electron chi connectivity index (χ3n) is 3.97. The molecule has 6 heteroatoms. The third-order valence-corrected chi connectivity index (χ3v) is 3.97. The molecule has 0 spiro atoms. The Morgan fingerprint density at radius 2 is 2.00 bits per heavy atom. The summed E-state index contributed by atoms with van der Waals surface area (Å²) in [6.45, 7) is 1.71. The predicted octanol–water partition coefficient (Wildman–Crippen LogP) is 2.77. The number of carbonyl (C=O) groups excluding carboxylic acids is 1. The molecule has 116 valence electrons. The van der Waals surface area contributed by atoms with Crippen LogP contribution in [0.25, 0.3) is 11.3 Å². The number of pyridine rings is 1. The molecule has 2 heterocycles. The molecule has 0 aliphatic heterocycles. The second-order valence-corrected chi connectivity index (χ2v) is 5.35. The molecule has 2 atom stereocenters. The van der Waals surface area contributed by atoms with Crippen LogP contribution in [-0.2, 0) is 9.47 Å². The van der Waals surface area contributed by atoms with Crippen LogP contribution in [0.2, 0.25) is 0 Å². The van der Waals surface area contributed by atoms with Crippen LogP contribution in [0.15, 0.2) is 29.0 Å². The fourth-order valence-electron chi connectivity index (χ4n) is 2.81. The monoisotopic (exact) mass is 302 g/mol. The number of nitrogens with zero attached hydrogens (tertiary/aromatic N) is 2. The summed E-state index contributed by atoms with van der Waals surface area (Å²) in [7, 11) is 1.64. The van der Waals surface area contributed by atoms with Gasteiger partial charge in [0.1, 0.15) is 23.1 Å². The molecular formula is C16H18N2O4. The minimum Gasteiger partial charge on any atom is -0.456 e. The summed E-state index contributed by atoms with van der Waals surface area (Å²) < 4.78 is 16.2. The standard InChI is InChI=1S/C16H18N2O4/c1-10-14(15(18-22-10)11-6-8-17-9-7-11)16(19)21-13-5-3-4-12(13)20-2/h6-9,12-13H,3-5H2,1-2H3/t12-,13-/m1/s1. The van der Waals surface area contributed by atoms with E-state index < -0.39 is 5.97 Å². The van der Waals surface area contributed by atoms with Crippen molar-refractivity contribution < 1.29 is 18.8 Å². The summed E-state index contributed by atoms with van der Waals surface area (Å²) >= 11 is 0. The molecule has 0 aromatic carbocycles. The lowest BCUT2D eigenvalue weighted by Crippen LogP contribution is -2.28. The van der Waals surface area contributed by atoms with Gasteiger partial charge in [0, 0.05) is 25.1 Å². The van der Waals surface area contributed by atoms with Gasteiger partial charge < -0.3 is 14.0 Å². The average molecular weight is 302 g/mol. The van der Waals surface area contributed by atoms with Gasteiger partial charge in [0.15, 0.2) is 0 Å². The van der Waals surface area contributed by atoms with E-state index in [1.165, 1.54) is 0 Å². The van der Waals surface area contributed by atoms with Crippen molar-refractivity contribution in [2.24, 2.45) is 0 Å². The van der Waals surface area contributed by atoms with Gasteiger partial charge in [-0.3, -0.25) is 4.98 Å². The summed E-state index contributed by atoms with van der Waals surface area (Å²) in [5.74, 6) is 0.0308. The molecule has 1 aliphatic rings. The maximum absolute atomic E-state index is 12.5. The van der Waals surface area contributed by atoms with E-state index in [1.807, 2.05) is 0 Å². The molecule has 2 aromatic heterocycles. The van der Waals surface area contributed by atoms with Crippen molar-refractivity contribution in [2.45, 2.75) is 38.4 Å². The maximum Gasteiger partial charge on any atom is 0.344 e. The van der Waals surface area contributed by atoms with Crippen LogP contribution in [-0.4, -0.2) is 35.4 Å². The zero-order chi connectivity index (χ0) is 15.5. The molecule has 2 aromatic rings. The van der Waals surface area contributed by atoms with Gasteiger partial charge in [-0.2, -0.15) is 0 Å². The van der Waals surface area contributed by atoms with E-state index in [0.717, 1.165) is 24.8 Å². The Balaban J connectivity index is 1.85. The summed E-state index contributed by atoms with van der Waals surface area (Å²) in [6, 6.07) is 3.56. The molecule has 0 amide bonds. The average Bonchev–Trinajstić information content (AvgIpc) is 3.14. The van der Waals surface area contributed by atoms with Gasteiger partial charge in [-0.25, -0.2) is 4.79 Å². The van der Waals surface area contributed by atoms with Gasteiger partial charge in [0.05, 0.1) is 6.10 Å². The Morgan fingerprint density at radius 1 is 1.27 bits per heavy atom. The number of rotatable bonds is 4. The first kappa shape index (κ1) is 14.7. The molecule has 0 unspecified atom stereocenters. The zero-order valence-corrected chi connectivity index (χ0v) is 12.6. The predicted molar refractivity (Wildman–Crippen MR) is 78.3 cm³/mol. The fourth-order valence-corrected chi connectivity index (χ4v) is 2.81. The number of ether oxygens (including phenoxy) is 2. The summed E-state index contributed by atoms with van der Waals surface area (Å²) in [6.07, 6.45) is 5.77. The largest absolute Gasteiger partial charge is 0.456 e. The summed E-state index contributed by atoms with van der Waals surface area (Å²) in [4.78, 5) is 16.5. The molecule has 3 rings (SSSR count). The molecule has 1 fully saturated rings. The van der Waals surface area contributed by atoms with Crippen molar-refractivity contribution >= 4 is 5.97 Å². The van der Waals surface area contributed by atoms with Crippen LogP contribution in [0, 0.1) is 6.92 Å². The minimum atomic E-state index is -0.417. The molecule has 1 aliphatic carbocycles. The van der Waals surface area contributed by atoms with Gasteiger partial charge in [0.2, 0.25) is 0 Å². The van der Waals surface area contributed by atoms with Gasteiger partial charge in [-0.1, -0.05) is 5.16 Å². The SMILES string of the molecule is CO[C@@H]1CCC[C@H]1OC(=O)c1c(-c2ccncc2)noc1C. The second kappa shape index (κ2) is 6.27. The Kier molecular flexibility index (Phi) is 4.20. The van der Waals surface area contributed by atoms with Crippen LogP contribution < -0.4 is 0 Å². The normalized spacial score (nSPS) is 21.0. The number of aromatic nitrogens is 2. The van der Waals surface area contributed by atoms with Crippen molar-refractivity contribution in [3.05, 3.63) is 35.9 Å². The molecule has 0 radical (unpaired) electrons. The smallest absolute Gasteiger partial charge is 0.344 e. The van der Waals surface area contributed by atoms with E-state index >= 15 is 0 Å². The lowest BCUT2D eigenvalue weighted by Gasteiger charge is -2.18. The molecule has 1 saturated carbocycles. The number of methoxy groups -OCH3 is 1. The van der Waals surface area contributed by atoms with Gasteiger partial charge in [0.25, 0.3) is 0 Å². The topological polar surface area (TPSA) is 74.5 Å². The van der Waals surface area contributed by atoms with Crippen LogP contribution in [0.4, 0.5) is 0 Å². The Labute approximate surface area is 128 Å². The number of esters is 1. The summed E-state index contributed by atoms with van der Waals surface area (Å²) in [5, 5.41) is 3.99. The first-order valence-electron chi connectivity index (χ1n) is 7.31. The first-order chi connectivity index (χ1) is 10.7. The van der Waals surface area contributed by atoms with E-state index in [2.05, 4.69) is 10.1 Å². The van der Waals surface area contributed by atoms with E-state index in [4.69, 9.17) is 14.0 Å². The van der Waals surface area contributed by atoms with E-state index in [1.54, 1.807) is 38.6 Å². The molecule has 0 N–H and O–H groups in total. The van der Waals surface area contributed by atoms with Crippen molar-refractivity contribution in [3.63, 3.8) is 0 Å². The number of carbonyl (C=O) groups is 1. The third kappa shape index (κ3) is 2.74. The Hall–Kier alpha value is -2.21. The van der Waals surface area contributed by atoms with Crippen molar-refractivity contribution in [1.82, 2.24) is 10.1 Å². The van der Waals surface area contributed by atoms with E-state index in [9.17, 15) is 4.79 Å². The number of hydrogen-bond donors (Lipinski definition) is 0. The molecule has 6 nitrogen and oxygen atoms in total. The highest BCUT2D eigenvalue weighted by Gasteiger charge is 2.33. The Morgan fingerprint density at radius 3 is 2.73 bits per heavy atom. The molecular weight excluding hydrogens is 284 g/mol. The van der Waals surface area contributed by atoms with Crippen LogP contribution in [0.3, 0.4) is 0 Å². The Bertz CT molecular complexity index is 653. The highest BCUT2D eigenvalue weighted by Crippen LogP contribution is 2.29. The number of aryl methyl sites for hydroxylation is 1. The van der Waals surface area contributed by atoms with Crippen LogP contribution >= 0.6 is 0 Å². The van der Waals surface area contributed by atoms with Crippen LogP contribution in [0.5, 0.6) is 0 Å². The molecule has 0 bridgehead atoms. The van der Waals surface area contributed by atoms with Crippen LogP contribution in [0.1, 0.15) is 35.4 Å². The minimum absolute atomic E-state index is 0.0338. The second-order valence-electron chi connectivity index (χ2n) is 5.35. The van der Waals surface area contributed by atoms with E-state index in [-0.39, 0.29) is 12.2 Å². The van der Waals surface area contributed by atoms with Crippen molar-refractivity contribution in [2.75, 3.05) is 7.11 Å². The number of hydrogen-bond acceptors (Lipinski definition) is 6. The zero-order valence-electron chi connectivity index (χ0n) is 12.6. The first-order valence-corrected chi connectivity index (χ1v) is 7.31. The molecule has 22 heavy (non-hydrogen) atoms. The lowest BCUT2D eigenvalue weighted by molar-refractivity contribution is -0.0207. The summed E-state index contributed by atoms with van der Waals surface area (Å²) in [5.41, 5.74) is 1.62. The van der Waals surface area contributed by atoms with Gasteiger partial charge in [-0.15, -0.1) is 0 Å². The van der Waals surface area contributed by atoms with E-state index in [0.29, 0.717) is 17.0 Å². The lowest BCUT2D eigenvalue weighted by atomic mass is 10.1. The molecule has 0 saturated heterocycles. The van der Waals surface area contributed by atoms with Crippen molar-refractivity contribution in [1.29, 1.82) is 0 Å².